The van der Waals surface area contributed by atoms with Crippen LogP contribution in [0.25, 0.3) is 22.3 Å². The molecule has 0 fully saturated rings. The minimum Gasteiger partial charge on any atom is -0.375 e. The molecule has 4 N–H and O–H groups in total. The molecule has 0 bridgehead atoms. The van der Waals surface area contributed by atoms with Crippen LogP contribution in [0.15, 0.2) is 51.8 Å². The zero-order valence-corrected chi connectivity index (χ0v) is 16.9. The molecule has 0 unspecified atom stereocenters. The van der Waals surface area contributed by atoms with Crippen LogP contribution in [-0.2, 0) is 9.53 Å². The molecule has 2 amide bonds. The summed E-state index contributed by atoms with van der Waals surface area (Å²) in [4.78, 5) is 41.5. The molecule has 0 aliphatic rings. The molecule has 4 rings (SSSR count). The van der Waals surface area contributed by atoms with Crippen molar-refractivity contribution in [2.24, 2.45) is 0 Å². The highest BCUT2D eigenvalue weighted by Crippen LogP contribution is 2.29. The zero-order valence-electron chi connectivity index (χ0n) is 16.1. The number of para-hydroxylation sites is 1. The maximum atomic E-state index is 12.9. The number of ether oxygens (including phenoxy) is 1. The molecule has 4 aromatic rings. The standard InChI is InChI=1S/C20H16ClN5O5/c1-30-9-16(27)22-14-4-2-3-10-7-15(23-17(10)14)19(28)24-13-6-5-11(21)8-12(13)18-25-20(29)31-26-18/h2-8,23H,9H2,1H3,(H,22,27)(H,24,28)(H,25,26,29). The van der Waals surface area contributed by atoms with E-state index in [1.807, 2.05) is 6.07 Å². The number of fused-ring (bicyclic) bond motifs is 1. The minimum atomic E-state index is -0.731. The Hall–Kier alpha value is -3.89. The van der Waals surface area contributed by atoms with Gasteiger partial charge in [0, 0.05) is 23.1 Å². The molecular formula is C20H16ClN5O5. The summed E-state index contributed by atoms with van der Waals surface area (Å²) in [5.74, 6) is -1.36. The number of H-pyrrole nitrogens is 2. The van der Waals surface area contributed by atoms with E-state index in [9.17, 15) is 14.4 Å². The molecule has 0 spiro atoms. The second kappa shape index (κ2) is 8.46. The van der Waals surface area contributed by atoms with E-state index in [0.717, 1.165) is 5.39 Å². The summed E-state index contributed by atoms with van der Waals surface area (Å²) < 4.78 is 9.36. The number of hydrogen-bond donors (Lipinski definition) is 4. The van der Waals surface area contributed by atoms with E-state index in [4.69, 9.17) is 16.3 Å². The smallest absolute Gasteiger partial charge is 0.375 e. The molecule has 0 aliphatic heterocycles. The first-order valence-corrected chi connectivity index (χ1v) is 9.40. The third-order valence-electron chi connectivity index (χ3n) is 4.38. The van der Waals surface area contributed by atoms with E-state index in [-0.39, 0.29) is 24.0 Å². The Balaban J connectivity index is 1.64. The quantitative estimate of drug-likeness (QED) is 0.362. The highest BCUT2D eigenvalue weighted by atomic mass is 35.5. The van der Waals surface area contributed by atoms with Gasteiger partial charge in [-0.05, 0) is 30.3 Å². The van der Waals surface area contributed by atoms with E-state index in [1.165, 1.54) is 7.11 Å². The molecule has 0 saturated heterocycles. The van der Waals surface area contributed by atoms with Crippen molar-refractivity contribution in [2.45, 2.75) is 0 Å². The van der Waals surface area contributed by atoms with Crippen molar-refractivity contribution in [3.63, 3.8) is 0 Å². The lowest BCUT2D eigenvalue weighted by molar-refractivity contribution is -0.119. The number of methoxy groups -OCH3 is 1. The predicted molar refractivity (Wildman–Crippen MR) is 114 cm³/mol. The molecule has 11 heteroatoms. The highest BCUT2D eigenvalue weighted by Gasteiger charge is 2.17. The first-order chi connectivity index (χ1) is 14.9. The first kappa shape index (κ1) is 20.4. The number of halogens is 1. The number of nitrogens with one attached hydrogen (secondary N) is 4. The number of nitrogens with zero attached hydrogens (tertiary/aromatic N) is 1. The summed E-state index contributed by atoms with van der Waals surface area (Å²) in [7, 11) is 1.43. The van der Waals surface area contributed by atoms with Gasteiger partial charge >= 0.3 is 5.76 Å². The summed E-state index contributed by atoms with van der Waals surface area (Å²) in [6, 6.07) is 11.7. The summed E-state index contributed by atoms with van der Waals surface area (Å²) in [6.45, 7) is -0.0894. The van der Waals surface area contributed by atoms with Crippen molar-refractivity contribution in [3.05, 3.63) is 63.7 Å². The van der Waals surface area contributed by atoms with Gasteiger partial charge in [0.1, 0.15) is 12.3 Å². The third-order valence-corrected chi connectivity index (χ3v) is 4.61. The van der Waals surface area contributed by atoms with E-state index < -0.39 is 11.7 Å². The fraction of sp³-hybridized carbons (Fsp3) is 0.100. The number of aromatic nitrogens is 3. The van der Waals surface area contributed by atoms with Gasteiger partial charge in [-0.25, -0.2) is 4.79 Å². The maximum absolute atomic E-state index is 12.9. The number of aromatic amines is 2. The van der Waals surface area contributed by atoms with Crippen molar-refractivity contribution in [1.82, 2.24) is 15.1 Å². The van der Waals surface area contributed by atoms with Gasteiger partial charge in [-0.1, -0.05) is 28.9 Å². The average molecular weight is 442 g/mol. The Morgan fingerprint density at radius 1 is 1.13 bits per heavy atom. The monoisotopic (exact) mass is 441 g/mol. The summed E-state index contributed by atoms with van der Waals surface area (Å²) in [5, 5.41) is 10.3. The minimum absolute atomic E-state index is 0.0894. The maximum Gasteiger partial charge on any atom is 0.439 e. The van der Waals surface area contributed by atoms with Gasteiger partial charge in [0.05, 0.1) is 16.9 Å². The van der Waals surface area contributed by atoms with Crippen LogP contribution < -0.4 is 16.4 Å². The lowest BCUT2D eigenvalue weighted by Crippen LogP contribution is -2.17. The molecule has 0 saturated carbocycles. The molecular weight excluding hydrogens is 426 g/mol. The Bertz CT molecular complexity index is 1340. The number of amides is 2. The van der Waals surface area contributed by atoms with Crippen LogP contribution in [-0.4, -0.2) is 40.7 Å². The summed E-state index contributed by atoms with van der Waals surface area (Å²) >= 11 is 6.05. The lowest BCUT2D eigenvalue weighted by atomic mass is 10.1. The van der Waals surface area contributed by atoms with Crippen LogP contribution in [0.2, 0.25) is 5.02 Å². The third kappa shape index (κ3) is 4.34. The number of anilines is 2. The van der Waals surface area contributed by atoms with Gasteiger partial charge < -0.3 is 20.4 Å². The van der Waals surface area contributed by atoms with Crippen molar-refractivity contribution < 1.29 is 18.8 Å². The van der Waals surface area contributed by atoms with Gasteiger partial charge in [-0.15, -0.1) is 0 Å². The zero-order chi connectivity index (χ0) is 22.0. The van der Waals surface area contributed by atoms with Gasteiger partial charge in [0.2, 0.25) is 5.91 Å². The van der Waals surface area contributed by atoms with Crippen LogP contribution >= 0.6 is 11.6 Å². The Morgan fingerprint density at radius 2 is 1.97 bits per heavy atom. The predicted octanol–water partition coefficient (Wildman–Crippen LogP) is 3.00. The van der Waals surface area contributed by atoms with Crippen molar-refractivity contribution in [1.29, 1.82) is 0 Å². The molecule has 158 valence electrons. The number of benzene rings is 2. The van der Waals surface area contributed by atoms with Gasteiger partial charge in [0.25, 0.3) is 5.91 Å². The number of carbonyl (C=O) groups excluding carboxylic acids is 2. The fourth-order valence-corrected chi connectivity index (χ4v) is 3.23. The van der Waals surface area contributed by atoms with E-state index in [1.54, 1.807) is 36.4 Å². The Morgan fingerprint density at radius 3 is 2.71 bits per heavy atom. The second-order valence-electron chi connectivity index (χ2n) is 6.52. The highest BCUT2D eigenvalue weighted by molar-refractivity contribution is 6.31. The van der Waals surface area contributed by atoms with E-state index in [0.29, 0.717) is 27.5 Å². The van der Waals surface area contributed by atoms with Crippen LogP contribution in [0.3, 0.4) is 0 Å². The SMILES string of the molecule is COCC(=O)Nc1cccc2cc(C(=O)Nc3ccc(Cl)cc3-c3noc(=O)[nH]3)[nH]c12. The topological polar surface area (TPSA) is 142 Å². The van der Waals surface area contributed by atoms with Crippen molar-refractivity contribution >= 4 is 45.7 Å². The summed E-state index contributed by atoms with van der Waals surface area (Å²) in [5.41, 5.74) is 2.12. The van der Waals surface area contributed by atoms with Gasteiger partial charge in [0.15, 0.2) is 5.82 Å². The fourth-order valence-electron chi connectivity index (χ4n) is 3.06. The molecule has 2 aromatic carbocycles. The number of rotatable bonds is 6. The van der Waals surface area contributed by atoms with Crippen LogP contribution in [0, 0.1) is 0 Å². The molecule has 2 heterocycles. The van der Waals surface area contributed by atoms with Crippen LogP contribution in [0.1, 0.15) is 10.5 Å². The lowest BCUT2D eigenvalue weighted by Gasteiger charge is -2.09. The van der Waals surface area contributed by atoms with Crippen LogP contribution in [0.5, 0.6) is 0 Å². The molecule has 0 atom stereocenters. The summed E-state index contributed by atoms with van der Waals surface area (Å²) in [6.07, 6.45) is 0. The van der Waals surface area contributed by atoms with E-state index in [2.05, 4.69) is 30.3 Å². The second-order valence-corrected chi connectivity index (χ2v) is 6.96. The number of hydrogen-bond acceptors (Lipinski definition) is 6. The molecule has 0 aliphatic carbocycles. The average Bonchev–Trinajstić information content (AvgIpc) is 3.36. The Labute approximate surface area is 179 Å². The number of carbonyl (C=O) groups is 2. The molecule has 31 heavy (non-hydrogen) atoms. The van der Waals surface area contributed by atoms with Gasteiger partial charge in [-0.2, -0.15) is 0 Å². The Kier molecular flexibility index (Phi) is 5.56. The van der Waals surface area contributed by atoms with Crippen molar-refractivity contribution in [3.8, 4) is 11.4 Å². The van der Waals surface area contributed by atoms with Crippen LogP contribution in [0.4, 0.5) is 11.4 Å². The van der Waals surface area contributed by atoms with Crippen molar-refractivity contribution in [2.75, 3.05) is 24.4 Å². The van der Waals surface area contributed by atoms with E-state index >= 15 is 0 Å². The van der Waals surface area contributed by atoms with Gasteiger partial charge in [-0.3, -0.25) is 19.1 Å². The first-order valence-electron chi connectivity index (χ1n) is 9.02. The molecule has 2 aromatic heterocycles. The largest absolute Gasteiger partial charge is 0.439 e. The normalized spacial score (nSPS) is 10.9. The molecule has 10 nitrogen and oxygen atoms in total. The molecule has 0 radical (unpaired) electrons.